The maximum atomic E-state index is 11.2. The zero-order valence-corrected chi connectivity index (χ0v) is 8.43. The minimum absolute atomic E-state index is 0.121. The van der Waals surface area contributed by atoms with Gasteiger partial charge in [0.1, 0.15) is 11.5 Å². The van der Waals surface area contributed by atoms with Gasteiger partial charge in [-0.3, -0.25) is 4.79 Å². The minimum atomic E-state index is -0.372. The predicted octanol–water partition coefficient (Wildman–Crippen LogP) is 2.49. The van der Waals surface area contributed by atoms with Crippen LogP contribution in [-0.2, 0) is 9.53 Å². The number of hydrogen-bond acceptors (Lipinski definition) is 2. The Bertz CT molecular complexity index is 205. The van der Waals surface area contributed by atoms with Crippen LogP contribution >= 0.6 is 11.6 Å². The highest BCUT2D eigenvalue weighted by Gasteiger charge is 2.42. The van der Waals surface area contributed by atoms with Gasteiger partial charge in [-0.05, 0) is 19.3 Å². The number of fused-ring (bicyclic) bond motifs is 1. The van der Waals surface area contributed by atoms with Gasteiger partial charge < -0.3 is 4.74 Å². The predicted molar refractivity (Wildman–Crippen MR) is 50.7 cm³/mol. The summed E-state index contributed by atoms with van der Waals surface area (Å²) in [6, 6.07) is 0. The van der Waals surface area contributed by atoms with Crippen LogP contribution in [0.3, 0.4) is 0 Å². The van der Waals surface area contributed by atoms with E-state index in [4.69, 9.17) is 16.3 Å². The smallest absolute Gasteiger partial charge is 0.324 e. The number of carbonyl (C=O) groups is 1. The van der Waals surface area contributed by atoms with E-state index in [1.165, 1.54) is 25.7 Å². The molecular formula is C10H15ClO2. The van der Waals surface area contributed by atoms with Crippen molar-refractivity contribution in [3.8, 4) is 0 Å². The number of ether oxygens (including phenoxy) is 1. The quantitative estimate of drug-likeness (QED) is 0.446. The third-order valence-corrected chi connectivity index (χ3v) is 3.62. The molecule has 0 aromatic rings. The lowest BCUT2D eigenvalue weighted by atomic mass is 9.88. The fourth-order valence-corrected chi connectivity index (χ4v) is 2.69. The highest BCUT2D eigenvalue weighted by Crippen LogP contribution is 2.35. The molecule has 0 amide bonds. The van der Waals surface area contributed by atoms with Gasteiger partial charge in [0.05, 0.1) is 0 Å². The molecule has 13 heavy (non-hydrogen) atoms. The molecular weight excluding hydrogens is 188 g/mol. The molecule has 2 nitrogen and oxygen atoms in total. The second-order valence-corrected chi connectivity index (χ2v) is 4.50. The number of alkyl halides is 1. The van der Waals surface area contributed by atoms with Crippen LogP contribution in [0.25, 0.3) is 0 Å². The van der Waals surface area contributed by atoms with Crippen LogP contribution in [0.15, 0.2) is 0 Å². The Balaban J connectivity index is 2.04. The first-order valence-electron chi connectivity index (χ1n) is 5.13. The van der Waals surface area contributed by atoms with Gasteiger partial charge in [-0.1, -0.05) is 19.3 Å². The van der Waals surface area contributed by atoms with Crippen LogP contribution in [0.2, 0.25) is 0 Å². The molecule has 3 atom stereocenters. The minimum Gasteiger partial charge on any atom is -0.461 e. The van der Waals surface area contributed by atoms with Crippen LogP contribution < -0.4 is 0 Å². The monoisotopic (exact) mass is 202 g/mol. The van der Waals surface area contributed by atoms with Gasteiger partial charge in [-0.25, -0.2) is 0 Å². The van der Waals surface area contributed by atoms with Gasteiger partial charge >= 0.3 is 5.97 Å². The molecule has 3 heteroatoms. The number of esters is 1. The lowest BCUT2D eigenvalue weighted by molar-refractivity contribution is -0.141. The van der Waals surface area contributed by atoms with Crippen molar-refractivity contribution in [2.45, 2.75) is 50.0 Å². The average molecular weight is 203 g/mol. The van der Waals surface area contributed by atoms with Crippen LogP contribution in [0, 0.1) is 5.92 Å². The Labute approximate surface area is 83.6 Å². The first-order valence-corrected chi connectivity index (χ1v) is 5.57. The normalized spacial score (nSPS) is 40.4. The molecule has 1 heterocycles. The largest absolute Gasteiger partial charge is 0.461 e. The molecule has 1 saturated heterocycles. The van der Waals surface area contributed by atoms with Gasteiger partial charge in [0.25, 0.3) is 0 Å². The van der Waals surface area contributed by atoms with Crippen LogP contribution in [0.5, 0.6) is 0 Å². The maximum absolute atomic E-state index is 11.2. The number of carbonyl (C=O) groups excluding carboxylic acids is 1. The fourth-order valence-electron chi connectivity index (χ4n) is 2.35. The molecule has 74 valence electrons. The van der Waals surface area contributed by atoms with Crippen molar-refractivity contribution in [1.29, 1.82) is 0 Å². The topological polar surface area (TPSA) is 26.3 Å². The first-order chi connectivity index (χ1) is 6.29. The van der Waals surface area contributed by atoms with Crippen LogP contribution in [0.1, 0.15) is 38.5 Å². The Morgan fingerprint density at radius 1 is 1.15 bits per heavy atom. The van der Waals surface area contributed by atoms with E-state index in [2.05, 4.69) is 0 Å². The van der Waals surface area contributed by atoms with Crippen molar-refractivity contribution in [3.05, 3.63) is 0 Å². The van der Waals surface area contributed by atoms with E-state index < -0.39 is 0 Å². The summed E-state index contributed by atoms with van der Waals surface area (Å²) in [4.78, 5) is 11.2. The van der Waals surface area contributed by atoms with E-state index in [1.807, 2.05) is 0 Å². The van der Waals surface area contributed by atoms with Gasteiger partial charge in [-0.15, -0.1) is 11.6 Å². The molecule has 1 saturated carbocycles. The lowest BCUT2D eigenvalue weighted by Gasteiger charge is -2.20. The van der Waals surface area contributed by atoms with E-state index in [0.29, 0.717) is 0 Å². The third kappa shape index (κ3) is 1.83. The number of hydrogen-bond donors (Lipinski definition) is 0. The standard InChI is InChI=1S/C10H15ClO2/c11-9-7-5-3-1-2-4-6-8(7)13-10(9)12/h7-9H,1-6H2/t7-,8+,9-/m0/s1. The second kappa shape index (κ2) is 3.87. The molecule has 0 aromatic heterocycles. The van der Waals surface area contributed by atoms with Crippen molar-refractivity contribution in [3.63, 3.8) is 0 Å². The molecule has 0 bridgehead atoms. The van der Waals surface area contributed by atoms with Crippen molar-refractivity contribution < 1.29 is 9.53 Å². The Hall–Kier alpha value is -0.240. The zero-order valence-electron chi connectivity index (χ0n) is 7.67. The molecule has 2 aliphatic rings. The summed E-state index contributed by atoms with van der Waals surface area (Å²) < 4.78 is 5.24. The van der Waals surface area contributed by atoms with Crippen molar-refractivity contribution in [2.24, 2.45) is 5.92 Å². The molecule has 1 aliphatic heterocycles. The summed E-state index contributed by atoms with van der Waals surface area (Å²) in [5.74, 6) is 0.0908. The molecule has 0 spiro atoms. The molecule has 0 unspecified atom stereocenters. The highest BCUT2D eigenvalue weighted by molar-refractivity contribution is 6.30. The summed E-state index contributed by atoms with van der Waals surface area (Å²) >= 11 is 5.99. The van der Waals surface area contributed by atoms with Gasteiger partial charge in [0, 0.05) is 5.92 Å². The Morgan fingerprint density at radius 2 is 1.85 bits per heavy atom. The maximum Gasteiger partial charge on any atom is 0.324 e. The van der Waals surface area contributed by atoms with Gasteiger partial charge in [0.15, 0.2) is 0 Å². The van der Waals surface area contributed by atoms with E-state index in [-0.39, 0.29) is 23.4 Å². The summed E-state index contributed by atoms with van der Waals surface area (Å²) in [7, 11) is 0. The fraction of sp³-hybridized carbons (Fsp3) is 0.900. The van der Waals surface area contributed by atoms with E-state index in [9.17, 15) is 4.79 Å². The summed E-state index contributed by atoms with van der Waals surface area (Å²) in [5.41, 5.74) is 0. The Kier molecular flexibility index (Phi) is 2.77. The summed E-state index contributed by atoms with van der Waals surface area (Å²) in [6.07, 6.45) is 7.12. The molecule has 2 fully saturated rings. The van der Waals surface area contributed by atoms with E-state index in [1.54, 1.807) is 0 Å². The first kappa shape index (κ1) is 9.32. The molecule has 0 aromatic carbocycles. The molecule has 2 rings (SSSR count). The van der Waals surface area contributed by atoms with E-state index >= 15 is 0 Å². The highest BCUT2D eigenvalue weighted by atomic mass is 35.5. The summed E-state index contributed by atoms with van der Waals surface area (Å²) in [5, 5.41) is -0.372. The van der Waals surface area contributed by atoms with Crippen LogP contribution in [0.4, 0.5) is 0 Å². The molecule has 0 radical (unpaired) electrons. The van der Waals surface area contributed by atoms with Crippen LogP contribution in [-0.4, -0.2) is 17.5 Å². The Morgan fingerprint density at radius 3 is 2.62 bits per heavy atom. The zero-order chi connectivity index (χ0) is 9.26. The number of halogens is 1. The molecule has 0 N–H and O–H groups in total. The third-order valence-electron chi connectivity index (χ3n) is 3.12. The van der Waals surface area contributed by atoms with Gasteiger partial charge in [-0.2, -0.15) is 0 Å². The lowest BCUT2D eigenvalue weighted by Crippen LogP contribution is -2.22. The second-order valence-electron chi connectivity index (χ2n) is 4.03. The van der Waals surface area contributed by atoms with Gasteiger partial charge in [0.2, 0.25) is 0 Å². The number of rotatable bonds is 0. The summed E-state index contributed by atoms with van der Waals surface area (Å²) in [6.45, 7) is 0. The SMILES string of the molecule is O=C1O[C@@H]2CCCCCC[C@@H]2[C@@H]1Cl. The average Bonchev–Trinajstić information content (AvgIpc) is 2.31. The van der Waals surface area contributed by atoms with Crippen molar-refractivity contribution in [1.82, 2.24) is 0 Å². The molecule has 1 aliphatic carbocycles. The van der Waals surface area contributed by atoms with Crippen molar-refractivity contribution in [2.75, 3.05) is 0 Å². The van der Waals surface area contributed by atoms with E-state index in [0.717, 1.165) is 12.8 Å². The van der Waals surface area contributed by atoms with Crippen molar-refractivity contribution >= 4 is 17.6 Å².